The molecule has 0 amide bonds. The van der Waals surface area contributed by atoms with Crippen molar-refractivity contribution in [2.45, 2.75) is 0 Å². The van der Waals surface area contributed by atoms with E-state index in [0.29, 0.717) is 6.54 Å². The van der Waals surface area contributed by atoms with Gasteiger partial charge in [-0.2, -0.15) is 0 Å². The second-order valence-electron chi connectivity index (χ2n) is 5.95. The summed E-state index contributed by atoms with van der Waals surface area (Å²) < 4.78 is 0. The molecule has 0 fully saturated rings. The quantitative estimate of drug-likeness (QED) is 0.554. The Balaban J connectivity index is 2.06. The molecule has 0 heterocycles. The summed E-state index contributed by atoms with van der Waals surface area (Å²) >= 11 is 0. The minimum absolute atomic E-state index is 0.613. The van der Waals surface area contributed by atoms with E-state index in [9.17, 15) is 0 Å². The van der Waals surface area contributed by atoms with Crippen molar-refractivity contribution in [1.82, 2.24) is 0 Å². The molecule has 0 aliphatic carbocycles. The first-order valence-electron chi connectivity index (χ1n) is 8.32. The summed E-state index contributed by atoms with van der Waals surface area (Å²) in [7, 11) is 0. The molecular weight excluding hydrogens is 292 g/mol. The molecule has 0 aromatic heterocycles. The van der Waals surface area contributed by atoms with Crippen molar-refractivity contribution in [2.75, 3.05) is 18.4 Å². The summed E-state index contributed by atoms with van der Waals surface area (Å²) in [5.74, 6) is 0. The third kappa shape index (κ3) is 2.51. The molecule has 0 radical (unpaired) electrons. The van der Waals surface area contributed by atoms with Crippen LogP contribution in [0.4, 0.5) is 5.69 Å². The summed E-state index contributed by atoms with van der Waals surface area (Å²) in [4.78, 5) is 0. The maximum Gasteiger partial charge on any atom is 0.0427 e. The number of nitrogens with one attached hydrogen (secondary N) is 1. The van der Waals surface area contributed by atoms with E-state index in [1.165, 1.54) is 32.7 Å². The second-order valence-corrected chi connectivity index (χ2v) is 5.95. The smallest absolute Gasteiger partial charge is 0.0427 e. The van der Waals surface area contributed by atoms with Gasteiger partial charge in [-0.25, -0.2) is 0 Å². The Bertz CT molecular complexity index is 1000. The third-order valence-electron chi connectivity index (χ3n) is 4.45. The zero-order valence-electron chi connectivity index (χ0n) is 13.5. The van der Waals surface area contributed by atoms with Gasteiger partial charge in [0, 0.05) is 24.3 Å². The Morgan fingerprint density at radius 2 is 1.33 bits per heavy atom. The Labute approximate surface area is 141 Å². The minimum Gasteiger partial charge on any atom is -0.383 e. The van der Waals surface area contributed by atoms with E-state index in [4.69, 9.17) is 5.73 Å². The first kappa shape index (κ1) is 14.7. The molecule has 2 heteroatoms. The molecule has 4 rings (SSSR count). The molecule has 4 aromatic carbocycles. The van der Waals surface area contributed by atoms with E-state index in [-0.39, 0.29) is 0 Å². The third-order valence-corrected chi connectivity index (χ3v) is 4.45. The molecule has 0 saturated carbocycles. The van der Waals surface area contributed by atoms with E-state index < -0.39 is 0 Å². The highest BCUT2D eigenvalue weighted by Crippen LogP contribution is 2.39. The number of anilines is 1. The van der Waals surface area contributed by atoms with Crippen LogP contribution in [0.1, 0.15) is 0 Å². The number of fused-ring (bicyclic) bond motifs is 2. The molecular formula is C22H20N2. The summed E-state index contributed by atoms with van der Waals surface area (Å²) in [6.45, 7) is 1.37. The molecule has 118 valence electrons. The van der Waals surface area contributed by atoms with Gasteiger partial charge in [0.1, 0.15) is 0 Å². The van der Waals surface area contributed by atoms with Gasteiger partial charge in [0.15, 0.2) is 0 Å². The fourth-order valence-electron chi connectivity index (χ4n) is 3.36. The van der Waals surface area contributed by atoms with Crippen LogP contribution in [-0.2, 0) is 0 Å². The van der Waals surface area contributed by atoms with Crippen molar-refractivity contribution in [1.29, 1.82) is 0 Å². The summed E-state index contributed by atoms with van der Waals surface area (Å²) in [5, 5.41) is 8.53. The molecule has 0 saturated heterocycles. The van der Waals surface area contributed by atoms with E-state index in [1.54, 1.807) is 0 Å². The van der Waals surface area contributed by atoms with Gasteiger partial charge >= 0.3 is 0 Å². The molecule has 24 heavy (non-hydrogen) atoms. The van der Waals surface area contributed by atoms with Crippen LogP contribution < -0.4 is 11.1 Å². The van der Waals surface area contributed by atoms with Gasteiger partial charge in [-0.15, -0.1) is 0 Å². The van der Waals surface area contributed by atoms with Crippen LogP contribution in [0.5, 0.6) is 0 Å². The van der Waals surface area contributed by atoms with Gasteiger partial charge in [-0.05, 0) is 33.2 Å². The standard InChI is InChI=1S/C22H20N2/c23-14-15-24-21-13-12-17-7-2-4-10-19(17)22(21)20-11-5-8-16-6-1-3-9-18(16)20/h1-13,24H,14-15,23H2. The van der Waals surface area contributed by atoms with E-state index in [2.05, 4.69) is 84.2 Å². The Morgan fingerprint density at radius 1 is 0.667 bits per heavy atom. The molecule has 0 bridgehead atoms. The van der Waals surface area contributed by atoms with Crippen LogP contribution in [0.15, 0.2) is 78.9 Å². The molecule has 0 spiro atoms. The van der Waals surface area contributed by atoms with Gasteiger partial charge in [0.2, 0.25) is 0 Å². The molecule has 0 aliphatic rings. The summed E-state index contributed by atoms with van der Waals surface area (Å²) in [5.41, 5.74) is 9.34. The Hall–Kier alpha value is -2.84. The summed E-state index contributed by atoms with van der Waals surface area (Å²) in [6.07, 6.45) is 0. The zero-order valence-corrected chi connectivity index (χ0v) is 13.5. The lowest BCUT2D eigenvalue weighted by Crippen LogP contribution is -2.13. The van der Waals surface area contributed by atoms with Crippen molar-refractivity contribution in [3.05, 3.63) is 78.9 Å². The van der Waals surface area contributed by atoms with Crippen molar-refractivity contribution in [2.24, 2.45) is 5.73 Å². The largest absolute Gasteiger partial charge is 0.383 e. The predicted octanol–water partition coefficient (Wildman–Crippen LogP) is 5.03. The zero-order chi connectivity index (χ0) is 16.4. The summed E-state index contributed by atoms with van der Waals surface area (Å²) in [6, 6.07) is 27.9. The first-order valence-corrected chi connectivity index (χ1v) is 8.32. The average molecular weight is 312 g/mol. The fourth-order valence-corrected chi connectivity index (χ4v) is 3.36. The SMILES string of the molecule is NCCNc1ccc2ccccc2c1-c1cccc2ccccc12. The lowest BCUT2D eigenvalue weighted by molar-refractivity contribution is 1.03. The van der Waals surface area contributed by atoms with Gasteiger partial charge in [-0.1, -0.05) is 72.8 Å². The van der Waals surface area contributed by atoms with Crippen molar-refractivity contribution in [3.8, 4) is 11.1 Å². The number of benzene rings is 4. The lowest BCUT2D eigenvalue weighted by atomic mass is 9.92. The molecule has 0 atom stereocenters. The normalized spacial score (nSPS) is 11.0. The molecule has 3 N–H and O–H groups in total. The Morgan fingerprint density at radius 3 is 2.12 bits per heavy atom. The number of rotatable bonds is 4. The maximum atomic E-state index is 5.71. The maximum absolute atomic E-state index is 5.71. The van der Waals surface area contributed by atoms with Crippen molar-refractivity contribution in [3.63, 3.8) is 0 Å². The van der Waals surface area contributed by atoms with Crippen LogP contribution in [0.3, 0.4) is 0 Å². The van der Waals surface area contributed by atoms with E-state index in [1.807, 2.05) is 0 Å². The highest BCUT2D eigenvalue weighted by molar-refractivity contribution is 6.09. The topological polar surface area (TPSA) is 38.0 Å². The number of hydrogen-bond acceptors (Lipinski definition) is 2. The van der Waals surface area contributed by atoms with Crippen molar-refractivity contribution >= 4 is 27.2 Å². The highest BCUT2D eigenvalue weighted by atomic mass is 14.9. The van der Waals surface area contributed by atoms with Crippen LogP contribution in [-0.4, -0.2) is 13.1 Å². The first-order chi connectivity index (χ1) is 11.9. The molecule has 2 nitrogen and oxygen atoms in total. The Kier molecular flexibility index (Phi) is 3.89. The highest BCUT2D eigenvalue weighted by Gasteiger charge is 2.12. The van der Waals surface area contributed by atoms with Gasteiger partial charge < -0.3 is 11.1 Å². The van der Waals surface area contributed by atoms with E-state index in [0.717, 1.165) is 12.2 Å². The lowest BCUT2D eigenvalue weighted by Gasteiger charge is -2.16. The molecule has 0 unspecified atom stereocenters. The second kappa shape index (κ2) is 6.34. The number of nitrogens with two attached hydrogens (primary N) is 1. The fraction of sp³-hybridized carbons (Fsp3) is 0.0909. The van der Waals surface area contributed by atoms with Gasteiger partial charge in [-0.3, -0.25) is 0 Å². The van der Waals surface area contributed by atoms with Crippen LogP contribution in [0.25, 0.3) is 32.7 Å². The van der Waals surface area contributed by atoms with Crippen LogP contribution in [0, 0.1) is 0 Å². The number of hydrogen-bond donors (Lipinski definition) is 2. The van der Waals surface area contributed by atoms with Crippen LogP contribution >= 0.6 is 0 Å². The minimum atomic E-state index is 0.613. The van der Waals surface area contributed by atoms with Gasteiger partial charge in [0.05, 0.1) is 0 Å². The average Bonchev–Trinajstić information content (AvgIpc) is 2.65. The van der Waals surface area contributed by atoms with Gasteiger partial charge in [0.25, 0.3) is 0 Å². The predicted molar refractivity (Wildman–Crippen MR) is 104 cm³/mol. The monoisotopic (exact) mass is 312 g/mol. The van der Waals surface area contributed by atoms with E-state index >= 15 is 0 Å². The van der Waals surface area contributed by atoms with Crippen molar-refractivity contribution < 1.29 is 0 Å². The van der Waals surface area contributed by atoms with Crippen LogP contribution in [0.2, 0.25) is 0 Å². The molecule has 0 aliphatic heterocycles. The molecule has 4 aromatic rings.